The summed E-state index contributed by atoms with van der Waals surface area (Å²) in [4.78, 5) is 12.0. The first-order valence-corrected chi connectivity index (χ1v) is 9.49. The summed E-state index contributed by atoms with van der Waals surface area (Å²) in [6.07, 6.45) is 1.50. The number of rotatable bonds is 6. The van der Waals surface area contributed by atoms with E-state index >= 15 is 0 Å². The predicted molar refractivity (Wildman–Crippen MR) is 113 cm³/mol. The summed E-state index contributed by atoms with van der Waals surface area (Å²) in [5, 5.41) is 14.2. The van der Waals surface area contributed by atoms with E-state index in [0.717, 1.165) is 15.6 Å². The third-order valence-corrected chi connectivity index (χ3v) is 4.81. The van der Waals surface area contributed by atoms with E-state index in [0.29, 0.717) is 17.4 Å². The van der Waals surface area contributed by atoms with Crippen LogP contribution in [0.4, 0.5) is 0 Å². The Morgan fingerprint density at radius 2 is 1.89 bits per heavy atom. The van der Waals surface area contributed by atoms with Crippen molar-refractivity contribution in [3.63, 3.8) is 0 Å². The molecule has 0 saturated carbocycles. The van der Waals surface area contributed by atoms with Gasteiger partial charge in [-0.3, -0.25) is 4.79 Å². The Labute approximate surface area is 175 Å². The van der Waals surface area contributed by atoms with Crippen LogP contribution in [0.3, 0.4) is 0 Å². The van der Waals surface area contributed by atoms with E-state index in [1.165, 1.54) is 18.3 Å². The first-order valence-electron chi connectivity index (χ1n) is 8.32. The Hall–Kier alpha value is -2.83. The van der Waals surface area contributed by atoms with Gasteiger partial charge in [-0.25, -0.2) is 5.43 Å². The van der Waals surface area contributed by atoms with Crippen LogP contribution in [0.2, 0.25) is 5.02 Å². The standard InChI is InChI=1S/C21H16BrClN2O3/c22-17-11-14(12-24-25-21(27)16-6-2-4-8-19(16)26)9-10-20(17)28-13-15-5-1-3-7-18(15)23/h1-12,26H,13H2,(H,25,27)/b24-12+. The summed E-state index contributed by atoms with van der Waals surface area (Å²) in [7, 11) is 0. The molecule has 0 bridgehead atoms. The zero-order valence-corrected chi connectivity index (χ0v) is 16.9. The monoisotopic (exact) mass is 458 g/mol. The molecule has 1 amide bonds. The van der Waals surface area contributed by atoms with Gasteiger partial charge >= 0.3 is 0 Å². The number of carbonyl (C=O) groups excluding carboxylic acids is 1. The molecule has 0 saturated heterocycles. The van der Waals surface area contributed by atoms with E-state index in [4.69, 9.17) is 16.3 Å². The maximum atomic E-state index is 12.0. The van der Waals surface area contributed by atoms with Gasteiger partial charge in [0.1, 0.15) is 18.1 Å². The van der Waals surface area contributed by atoms with Gasteiger partial charge in [0, 0.05) is 10.6 Å². The average Bonchev–Trinajstić information content (AvgIpc) is 2.69. The number of halogens is 2. The highest BCUT2D eigenvalue weighted by Crippen LogP contribution is 2.27. The minimum atomic E-state index is -0.492. The number of amides is 1. The second kappa shape index (κ2) is 9.39. The summed E-state index contributed by atoms with van der Waals surface area (Å²) < 4.78 is 6.54. The molecule has 0 aliphatic heterocycles. The van der Waals surface area contributed by atoms with Gasteiger partial charge in [0.2, 0.25) is 0 Å². The highest BCUT2D eigenvalue weighted by atomic mass is 79.9. The molecule has 3 aromatic carbocycles. The normalized spacial score (nSPS) is 10.8. The van der Waals surface area contributed by atoms with Gasteiger partial charge in [0.25, 0.3) is 5.91 Å². The van der Waals surface area contributed by atoms with Crippen LogP contribution >= 0.6 is 27.5 Å². The van der Waals surface area contributed by atoms with E-state index < -0.39 is 5.91 Å². The van der Waals surface area contributed by atoms with Gasteiger partial charge in [-0.1, -0.05) is 41.9 Å². The molecule has 7 heteroatoms. The summed E-state index contributed by atoms with van der Waals surface area (Å²) in [5.41, 5.74) is 4.20. The zero-order chi connectivity index (χ0) is 19.9. The van der Waals surface area contributed by atoms with Crippen molar-refractivity contribution in [3.05, 3.63) is 92.9 Å². The molecule has 3 aromatic rings. The number of hydrogen-bond donors (Lipinski definition) is 2. The molecule has 0 aliphatic carbocycles. The van der Waals surface area contributed by atoms with Crippen LogP contribution in [0.15, 0.2) is 76.3 Å². The van der Waals surface area contributed by atoms with Crippen molar-refractivity contribution >= 4 is 39.7 Å². The number of phenolic OH excluding ortho intramolecular Hbond substituents is 1. The van der Waals surface area contributed by atoms with Gasteiger partial charge in [0.05, 0.1) is 16.3 Å². The van der Waals surface area contributed by atoms with E-state index in [1.54, 1.807) is 18.2 Å². The fraction of sp³-hybridized carbons (Fsp3) is 0.0476. The number of nitrogens with one attached hydrogen (secondary N) is 1. The minimum Gasteiger partial charge on any atom is -0.507 e. The number of carbonyl (C=O) groups is 1. The van der Waals surface area contributed by atoms with Gasteiger partial charge in [0.15, 0.2) is 0 Å². The number of nitrogens with zero attached hydrogens (tertiary/aromatic N) is 1. The molecule has 142 valence electrons. The Balaban J connectivity index is 1.61. The van der Waals surface area contributed by atoms with Gasteiger partial charge < -0.3 is 9.84 Å². The molecule has 0 aromatic heterocycles. The molecule has 0 atom stereocenters. The number of aromatic hydroxyl groups is 1. The Bertz CT molecular complexity index is 1020. The Morgan fingerprint density at radius 1 is 1.14 bits per heavy atom. The second-order valence-electron chi connectivity index (χ2n) is 5.79. The molecule has 3 rings (SSSR count). The number of hydrogen-bond acceptors (Lipinski definition) is 4. The van der Waals surface area contributed by atoms with E-state index in [-0.39, 0.29) is 11.3 Å². The van der Waals surface area contributed by atoms with Crippen LogP contribution in [-0.2, 0) is 6.61 Å². The first-order chi connectivity index (χ1) is 13.5. The topological polar surface area (TPSA) is 70.9 Å². The molecule has 28 heavy (non-hydrogen) atoms. The molecule has 0 heterocycles. The molecular formula is C21H16BrClN2O3. The second-order valence-corrected chi connectivity index (χ2v) is 7.05. The summed E-state index contributed by atoms with van der Waals surface area (Å²) >= 11 is 9.60. The van der Waals surface area contributed by atoms with E-state index in [2.05, 4.69) is 26.5 Å². The Kier molecular flexibility index (Phi) is 6.68. The molecule has 0 unspecified atom stereocenters. The maximum absolute atomic E-state index is 12.0. The smallest absolute Gasteiger partial charge is 0.275 e. The molecule has 5 nitrogen and oxygen atoms in total. The molecule has 0 spiro atoms. The van der Waals surface area contributed by atoms with Crippen LogP contribution in [0.5, 0.6) is 11.5 Å². The van der Waals surface area contributed by atoms with Gasteiger partial charge in [-0.05, 0) is 57.9 Å². The quantitative estimate of drug-likeness (QED) is 0.395. The third-order valence-electron chi connectivity index (χ3n) is 3.83. The van der Waals surface area contributed by atoms with Crippen LogP contribution < -0.4 is 10.2 Å². The summed E-state index contributed by atoms with van der Waals surface area (Å²) in [6.45, 7) is 0.350. The SMILES string of the molecule is O=C(N/N=C/c1ccc(OCc2ccccc2Cl)c(Br)c1)c1ccccc1O. The average molecular weight is 460 g/mol. The molecular weight excluding hydrogens is 444 g/mol. The number of ether oxygens (including phenoxy) is 1. The van der Waals surface area contributed by atoms with Crippen molar-refractivity contribution in [1.82, 2.24) is 5.43 Å². The van der Waals surface area contributed by atoms with E-state index in [9.17, 15) is 9.90 Å². The number of benzene rings is 3. The molecule has 0 radical (unpaired) electrons. The van der Waals surface area contributed by atoms with Crippen LogP contribution in [0, 0.1) is 0 Å². The molecule has 0 aliphatic rings. The highest BCUT2D eigenvalue weighted by molar-refractivity contribution is 9.10. The highest BCUT2D eigenvalue weighted by Gasteiger charge is 2.09. The van der Waals surface area contributed by atoms with Crippen molar-refractivity contribution < 1.29 is 14.6 Å². The van der Waals surface area contributed by atoms with E-state index in [1.807, 2.05) is 36.4 Å². The maximum Gasteiger partial charge on any atom is 0.275 e. The number of phenols is 1. The van der Waals surface area contributed by atoms with Crippen molar-refractivity contribution in [2.45, 2.75) is 6.61 Å². The lowest BCUT2D eigenvalue weighted by Crippen LogP contribution is -2.17. The number of para-hydroxylation sites is 1. The lowest BCUT2D eigenvalue weighted by atomic mass is 10.2. The fourth-order valence-electron chi connectivity index (χ4n) is 2.38. The first kappa shape index (κ1) is 19.9. The molecule has 0 fully saturated rings. The lowest BCUT2D eigenvalue weighted by molar-refractivity contribution is 0.0952. The minimum absolute atomic E-state index is 0.0991. The van der Waals surface area contributed by atoms with Crippen LogP contribution in [-0.4, -0.2) is 17.2 Å². The summed E-state index contributed by atoms with van der Waals surface area (Å²) in [5.74, 6) is 0.0707. The molecule has 2 N–H and O–H groups in total. The largest absolute Gasteiger partial charge is 0.507 e. The van der Waals surface area contributed by atoms with Crippen molar-refractivity contribution in [2.75, 3.05) is 0 Å². The summed E-state index contributed by atoms with van der Waals surface area (Å²) in [6, 6.07) is 19.2. The zero-order valence-electron chi connectivity index (χ0n) is 14.6. The lowest BCUT2D eigenvalue weighted by Gasteiger charge is -2.10. The Morgan fingerprint density at radius 3 is 2.64 bits per heavy atom. The third kappa shape index (κ3) is 5.12. The number of hydrazone groups is 1. The predicted octanol–water partition coefficient (Wildman–Crippen LogP) is 5.15. The van der Waals surface area contributed by atoms with Crippen LogP contribution in [0.1, 0.15) is 21.5 Å². The fourth-order valence-corrected chi connectivity index (χ4v) is 3.08. The van der Waals surface area contributed by atoms with Gasteiger partial charge in [-0.15, -0.1) is 0 Å². The van der Waals surface area contributed by atoms with Crippen molar-refractivity contribution in [2.24, 2.45) is 5.10 Å². The van der Waals surface area contributed by atoms with Crippen molar-refractivity contribution in [3.8, 4) is 11.5 Å². The van der Waals surface area contributed by atoms with Crippen molar-refractivity contribution in [1.29, 1.82) is 0 Å². The van der Waals surface area contributed by atoms with Crippen LogP contribution in [0.25, 0.3) is 0 Å². The van der Waals surface area contributed by atoms with Gasteiger partial charge in [-0.2, -0.15) is 5.10 Å².